The maximum atomic E-state index is 2.72. The summed E-state index contributed by atoms with van der Waals surface area (Å²) in [5.74, 6) is 0. The molecule has 0 heterocycles. The van der Waals surface area contributed by atoms with Crippen LogP contribution in [0.1, 0.15) is 70.2 Å². The second-order valence-electron chi connectivity index (χ2n) is 12.4. The van der Waals surface area contributed by atoms with Crippen LogP contribution in [-0.2, 0) is 14.6 Å². The molecule has 40 heavy (non-hydrogen) atoms. The molecule has 0 nitrogen and oxygen atoms in total. The predicted octanol–water partition coefficient (Wildman–Crippen LogP) is 9.19. The topological polar surface area (TPSA) is 0 Å². The van der Waals surface area contributed by atoms with E-state index >= 15 is 0 Å². The van der Waals surface area contributed by atoms with Gasteiger partial charge in [0.25, 0.3) is 0 Å². The van der Waals surface area contributed by atoms with E-state index in [9.17, 15) is 0 Å². The molecule has 6 rings (SSSR count). The van der Waals surface area contributed by atoms with E-state index in [1.165, 1.54) is 46.3 Å². The van der Waals surface area contributed by atoms with E-state index in [2.05, 4.69) is 147 Å². The van der Waals surface area contributed by atoms with Crippen molar-refractivity contribution in [3.05, 3.63) is 144 Å². The molecule has 0 aliphatic heterocycles. The summed E-state index contributed by atoms with van der Waals surface area (Å²) in [4.78, 5) is 0. The molecule has 0 saturated heterocycles. The first kappa shape index (κ1) is 27.5. The normalized spacial score (nSPS) is 18.4. The summed E-state index contributed by atoms with van der Waals surface area (Å²) in [5.41, 5.74) is 6.16. The Labute approximate surface area is 243 Å². The Hall–Kier alpha value is -2.71. The van der Waals surface area contributed by atoms with Gasteiger partial charge >= 0.3 is 245 Å². The van der Waals surface area contributed by atoms with Crippen molar-refractivity contribution in [2.24, 2.45) is 0 Å². The standard InChI is InChI=1S/C12H11Si.2C9H7.2C4H9.Ti/c1-3-7-11(8-4-1)13-12-9-5-2-6-10-12;2*1-2-5-9-7-3-6-8(9)4-1;2*1-3-4-2;/h1-10,13H;2*1-7H;2*1,3-4H2,2H3;. The zero-order valence-corrected chi connectivity index (χ0v) is 26.9. The summed E-state index contributed by atoms with van der Waals surface area (Å²) in [6, 6.07) is 42.6. The number of hydrogen-bond donors (Lipinski definition) is 0. The molecule has 4 aromatic rings. The zero-order chi connectivity index (χ0) is 27.4. The molecular weight excluding hydrogens is 532 g/mol. The Morgan fingerprint density at radius 1 is 0.525 bits per heavy atom. The van der Waals surface area contributed by atoms with E-state index < -0.39 is 21.2 Å². The van der Waals surface area contributed by atoms with E-state index in [1.807, 2.05) is 0 Å². The Bertz CT molecular complexity index is 1390. The van der Waals surface area contributed by atoms with Gasteiger partial charge in [-0.1, -0.05) is 0 Å². The molecule has 2 aliphatic carbocycles. The fourth-order valence-corrected chi connectivity index (χ4v) is 45.4. The molecule has 0 radical (unpaired) electrons. The molecule has 0 amide bonds. The molecule has 0 bridgehead atoms. The zero-order valence-electron chi connectivity index (χ0n) is 24.2. The van der Waals surface area contributed by atoms with Crippen molar-refractivity contribution >= 4 is 29.2 Å². The van der Waals surface area contributed by atoms with Crippen molar-refractivity contribution in [2.75, 3.05) is 0 Å². The van der Waals surface area contributed by atoms with Gasteiger partial charge in [-0.3, -0.25) is 0 Å². The van der Waals surface area contributed by atoms with Crippen LogP contribution in [0.3, 0.4) is 0 Å². The summed E-state index contributed by atoms with van der Waals surface area (Å²) in [7, 11) is 0. The molecule has 2 heteroatoms. The summed E-state index contributed by atoms with van der Waals surface area (Å²) in [5, 5.41) is 3.32. The van der Waals surface area contributed by atoms with Crippen LogP contribution < -0.4 is 10.4 Å². The Balaban J connectivity index is 1.78. The van der Waals surface area contributed by atoms with Gasteiger partial charge in [0.2, 0.25) is 0 Å². The first-order chi connectivity index (χ1) is 19.7. The van der Waals surface area contributed by atoms with Crippen molar-refractivity contribution in [3.8, 4) is 0 Å². The van der Waals surface area contributed by atoms with Gasteiger partial charge in [-0.15, -0.1) is 0 Å². The average molecular weight is 576 g/mol. The van der Waals surface area contributed by atoms with Gasteiger partial charge in [0.05, 0.1) is 0 Å². The van der Waals surface area contributed by atoms with Gasteiger partial charge in [-0.2, -0.15) is 0 Å². The van der Waals surface area contributed by atoms with E-state index in [0.29, 0.717) is 8.45 Å². The van der Waals surface area contributed by atoms with Crippen LogP contribution in [0.2, 0.25) is 9.45 Å². The second kappa shape index (κ2) is 11.6. The van der Waals surface area contributed by atoms with E-state index in [1.54, 1.807) is 21.5 Å². The van der Waals surface area contributed by atoms with Crippen LogP contribution in [0, 0.1) is 0 Å². The number of hydrogen-bond acceptors (Lipinski definition) is 0. The molecule has 0 fully saturated rings. The number of benzene rings is 4. The summed E-state index contributed by atoms with van der Waals surface area (Å²) < 4.78 is 3.93. The first-order valence-electron chi connectivity index (χ1n) is 15.5. The van der Waals surface area contributed by atoms with Crippen molar-refractivity contribution in [1.82, 2.24) is 0 Å². The van der Waals surface area contributed by atoms with Crippen LogP contribution >= 0.6 is 0 Å². The van der Waals surface area contributed by atoms with Crippen molar-refractivity contribution in [1.29, 1.82) is 0 Å². The SMILES string of the molecule is CCC[CH2][Ti]([CH2]CCC)([CH]1C=Cc2ccccc21)([CH]1C=Cc2ccccc21)[SiH](c1ccccc1)c1ccccc1. The van der Waals surface area contributed by atoms with Gasteiger partial charge in [0, 0.05) is 0 Å². The van der Waals surface area contributed by atoms with Gasteiger partial charge in [-0.25, -0.2) is 0 Å². The fourth-order valence-electron chi connectivity index (χ4n) is 8.94. The molecule has 0 aromatic heterocycles. The van der Waals surface area contributed by atoms with Crippen molar-refractivity contribution in [2.45, 2.75) is 57.4 Å². The molecule has 0 spiro atoms. The van der Waals surface area contributed by atoms with Gasteiger partial charge in [0.15, 0.2) is 0 Å². The number of allylic oxidation sites excluding steroid dienone is 2. The first-order valence-corrected chi connectivity index (χ1v) is 24.0. The molecule has 2 unspecified atom stereocenters. The molecule has 0 saturated carbocycles. The minimum atomic E-state index is -3.79. The minimum absolute atomic E-state index is 0.546. The third-order valence-corrected chi connectivity index (χ3v) is 41.0. The maximum absolute atomic E-state index is 3.79. The van der Waals surface area contributed by atoms with E-state index in [-0.39, 0.29) is 0 Å². The molecular formula is C38H43SiTi. The molecule has 2 aliphatic rings. The predicted molar refractivity (Wildman–Crippen MR) is 175 cm³/mol. The summed E-state index contributed by atoms with van der Waals surface area (Å²) in [6.07, 6.45) is 15.6. The second-order valence-corrected chi connectivity index (χ2v) is 33.1. The van der Waals surface area contributed by atoms with Crippen LogP contribution in [0.4, 0.5) is 0 Å². The van der Waals surface area contributed by atoms with Crippen molar-refractivity contribution in [3.63, 3.8) is 0 Å². The van der Waals surface area contributed by atoms with Crippen LogP contribution in [-0.4, -0.2) is 6.66 Å². The monoisotopic (exact) mass is 575 g/mol. The number of unbranched alkanes of at least 4 members (excludes halogenated alkanes) is 2. The average Bonchev–Trinajstić information content (AvgIpc) is 3.66. The quantitative estimate of drug-likeness (QED) is 0.156. The molecule has 203 valence electrons. The van der Waals surface area contributed by atoms with Crippen molar-refractivity contribution < 1.29 is 14.6 Å². The number of rotatable bonds is 11. The van der Waals surface area contributed by atoms with E-state index in [0.717, 1.165) is 0 Å². The van der Waals surface area contributed by atoms with Gasteiger partial charge < -0.3 is 0 Å². The molecule has 4 aromatic carbocycles. The Kier molecular flexibility index (Phi) is 8.00. The third-order valence-electron chi connectivity index (χ3n) is 10.5. The number of fused-ring (bicyclic) bond motifs is 2. The Morgan fingerprint density at radius 2 is 0.925 bits per heavy atom. The summed E-state index contributed by atoms with van der Waals surface area (Å²) >= 11 is -3.79. The Morgan fingerprint density at radius 3 is 1.35 bits per heavy atom. The van der Waals surface area contributed by atoms with Gasteiger partial charge in [-0.05, 0) is 0 Å². The molecule has 0 N–H and O–H groups in total. The van der Waals surface area contributed by atoms with Gasteiger partial charge in [0.1, 0.15) is 0 Å². The van der Waals surface area contributed by atoms with Crippen LogP contribution in [0.5, 0.6) is 0 Å². The van der Waals surface area contributed by atoms with E-state index in [4.69, 9.17) is 0 Å². The fraction of sp³-hybridized carbons (Fsp3) is 0.263. The summed E-state index contributed by atoms with van der Waals surface area (Å²) in [6.45, 7) is 3.10. The molecule has 2 atom stereocenters. The van der Waals surface area contributed by atoms with Crippen LogP contribution in [0.15, 0.2) is 121 Å². The third kappa shape index (κ3) is 4.38. The van der Waals surface area contributed by atoms with Crippen LogP contribution in [0.25, 0.3) is 12.2 Å².